The molecule has 2 N–H and O–H groups in total. The molecule has 0 rings (SSSR count). The van der Waals surface area contributed by atoms with E-state index in [4.69, 9.17) is 0 Å². The van der Waals surface area contributed by atoms with Crippen LogP contribution in [0.15, 0.2) is 0 Å². The van der Waals surface area contributed by atoms with Gasteiger partial charge in [0.25, 0.3) is 0 Å². The van der Waals surface area contributed by atoms with E-state index >= 15 is 0 Å². The lowest BCUT2D eigenvalue weighted by Crippen LogP contribution is -2.40. The van der Waals surface area contributed by atoms with Crippen molar-refractivity contribution in [3.63, 3.8) is 0 Å². The van der Waals surface area contributed by atoms with Crippen molar-refractivity contribution in [2.75, 3.05) is 0 Å². The summed E-state index contributed by atoms with van der Waals surface area (Å²) in [6.45, 7) is 0. The molecule has 2 nitrogen and oxygen atoms in total. The Morgan fingerprint density at radius 2 is 1.64 bits per heavy atom. The molecule has 0 atom stereocenters. The summed E-state index contributed by atoms with van der Waals surface area (Å²) in [6, 6.07) is 0. The van der Waals surface area contributed by atoms with Crippen molar-refractivity contribution in [3.8, 4) is 0 Å². The first-order chi connectivity index (χ1) is 5.35. The van der Waals surface area contributed by atoms with Gasteiger partial charge in [-0.05, 0) is 18.2 Å². The van der Waals surface area contributed by atoms with Gasteiger partial charge in [0.2, 0.25) is 0 Å². The molecule has 0 saturated carbocycles. The molecule has 0 aromatic rings. The van der Waals surface area contributed by atoms with Gasteiger partial charge in [0.15, 0.2) is 0 Å². The van der Waals surface area contributed by atoms with E-state index in [0.717, 1.165) is 12.8 Å². The molecule has 0 heterocycles. The van der Waals surface area contributed by atoms with Crippen LogP contribution >= 0.6 is 36.7 Å². The van der Waals surface area contributed by atoms with E-state index in [0.29, 0.717) is 0 Å². The fraction of sp³-hybridized carbons (Fsp3) is 0.500. The van der Waals surface area contributed by atoms with Crippen LogP contribution in [0.25, 0.3) is 0 Å². The van der Waals surface area contributed by atoms with Crippen molar-refractivity contribution < 1.29 is 0 Å². The van der Waals surface area contributed by atoms with Crippen molar-refractivity contribution in [1.29, 1.82) is 0 Å². The average Bonchev–Trinajstić information content (AvgIpc) is 2.01. The highest BCUT2D eigenvalue weighted by atomic mass is 32.1. The van der Waals surface area contributed by atoms with E-state index in [1.54, 1.807) is 5.37 Å². The van der Waals surface area contributed by atoms with Gasteiger partial charge in [-0.2, -0.15) is 0 Å². The van der Waals surface area contributed by atoms with Gasteiger partial charge in [0.05, 0.1) is 17.1 Å². The second kappa shape index (κ2) is 7.97. The molecule has 5 heteroatoms. The van der Waals surface area contributed by atoms with Crippen LogP contribution in [0.3, 0.4) is 0 Å². The highest BCUT2D eigenvalue weighted by Gasteiger charge is 2.00. The number of hydrogen-bond donors (Lipinski definition) is 2. The molecule has 0 saturated heterocycles. The SMILES string of the molecule is S=CCCC(NC=S)NC=S. The van der Waals surface area contributed by atoms with E-state index in [1.807, 2.05) is 0 Å². The molecule has 0 aliphatic rings. The van der Waals surface area contributed by atoms with Crippen molar-refractivity contribution in [1.82, 2.24) is 10.6 Å². The van der Waals surface area contributed by atoms with Crippen molar-refractivity contribution in [3.05, 3.63) is 0 Å². The summed E-state index contributed by atoms with van der Waals surface area (Å²) in [5, 5.41) is 7.56. The maximum absolute atomic E-state index is 4.69. The predicted octanol–water partition coefficient (Wildman–Crippen LogP) is 1.19. The van der Waals surface area contributed by atoms with Gasteiger partial charge in [-0.25, -0.2) is 0 Å². The van der Waals surface area contributed by atoms with Crippen LogP contribution in [0.1, 0.15) is 12.8 Å². The third kappa shape index (κ3) is 6.28. The minimum absolute atomic E-state index is 0.115. The second-order valence-electron chi connectivity index (χ2n) is 1.87. The summed E-state index contributed by atoms with van der Waals surface area (Å²) in [7, 11) is 0. The zero-order chi connectivity index (χ0) is 8.53. The summed E-state index contributed by atoms with van der Waals surface area (Å²) < 4.78 is 0. The van der Waals surface area contributed by atoms with Crippen molar-refractivity contribution in [2.24, 2.45) is 0 Å². The standard InChI is InChI=1S/C6H10N2S3/c9-3-1-2-6(7-4-10)8-5-11/h3-6H,1-2H2,(H,7,10)(H,8,11). The van der Waals surface area contributed by atoms with E-state index in [2.05, 4.69) is 47.3 Å². The van der Waals surface area contributed by atoms with Gasteiger partial charge in [0.1, 0.15) is 0 Å². The Balaban J connectivity index is 3.57. The van der Waals surface area contributed by atoms with E-state index < -0.39 is 0 Å². The van der Waals surface area contributed by atoms with Crippen LogP contribution in [0.5, 0.6) is 0 Å². The Morgan fingerprint density at radius 3 is 2.00 bits per heavy atom. The smallest absolute Gasteiger partial charge is 0.0970 e. The molecule has 62 valence electrons. The molecule has 0 aromatic carbocycles. The van der Waals surface area contributed by atoms with Crippen LogP contribution in [-0.4, -0.2) is 22.5 Å². The Kier molecular flexibility index (Phi) is 7.88. The van der Waals surface area contributed by atoms with Gasteiger partial charge >= 0.3 is 0 Å². The predicted molar refractivity (Wildman–Crippen MR) is 60.3 cm³/mol. The minimum Gasteiger partial charge on any atom is -0.362 e. The maximum Gasteiger partial charge on any atom is 0.0970 e. The van der Waals surface area contributed by atoms with Crippen molar-refractivity contribution in [2.45, 2.75) is 19.0 Å². The third-order valence-electron chi connectivity index (χ3n) is 1.11. The first kappa shape index (κ1) is 10.9. The summed E-state index contributed by atoms with van der Waals surface area (Å²) in [5.41, 5.74) is 2.94. The summed E-state index contributed by atoms with van der Waals surface area (Å²) in [4.78, 5) is 0. The normalized spacial score (nSPS) is 8.82. The summed E-state index contributed by atoms with van der Waals surface area (Å²) >= 11 is 14.0. The first-order valence-corrected chi connectivity index (χ1v) is 4.59. The molecular weight excluding hydrogens is 196 g/mol. The lowest BCUT2D eigenvalue weighted by atomic mass is 10.3. The monoisotopic (exact) mass is 206 g/mol. The highest BCUT2D eigenvalue weighted by molar-refractivity contribution is 7.79. The fourth-order valence-corrected chi connectivity index (χ4v) is 1.08. The molecule has 0 bridgehead atoms. The zero-order valence-electron chi connectivity index (χ0n) is 5.95. The lowest BCUT2D eigenvalue weighted by molar-refractivity contribution is 0.558. The average molecular weight is 206 g/mol. The molecule has 0 unspecified atom stereocenters. The van der Waals surface area contributed by atoms with Crippen LogP contribution in [0.4, 0.5) is 0 Å². The molecule has 11 heavy (non-hydrogen) atoms. The Bertz CT molecular complexity index is 128. The highest BCUT2D eigenvalue weighted by Crippen LogP contribution is 1.90. The molecule has 0 spiro atoms. The van der Waals surface area contributed by atoms with Gasteiger partial charge < -0.3 is 10.6 Å². The number of thiocarbonyl (C=S) groups is 3. The molecule has 0 amide bonds. The molecule has 0 aliphatic heterocycles. The quantitative estimate of drug-likeness (QED) is 0.481. The van der Waals surface area contributed by atoms with Crippen LogP contribution in [0.2, 0.25) is 0 Å². The first-order valence-electron chi connectivity index (χ1n) is 3.18. The van der Waals surface area contributed by atoms with E-state index in [-0.39, 0.29) is 6.17 Å². The van der Waals surface area contributed by atoms with E-state index in [9.17, 15) is 0 Å². The van der Waals surface area contributed by atoms with E-state index in [1.165, 1.54) is 11.0 Å². The molecule has 0 radical (unpaired) electrons. The number of rotatable bonds is 7. The van der Waals surface area contributed by atoms with Crippen molar-refractivity contribution >= 4 is 53.0 Å². The second-order valence-corrected chi connectivity index (χ2v) is 2.67. The van der Waals surface area contributed by atoms with Gasteiger partial charge in [-0.3, -0.25) is 0 Å². The molecule has 0 aliphatic carbocycles. The van der Waals surface area contributed by atoms with Crippen LogP contribution in [0, 0.1) is 0 Å². The van der Waals surface area contributed by atoms with Crippen LogP contribution in [-0.2, 0) is 0 Å². The Hall–Kier alpha value is -0.130. The Labute approximate surface area is 82.7 Å². The van der Waals surface area contributed by atoms with Crippen LogP contribution < -0.4 is 10.6 Å². The molecular formula is C6H10N2S3. The fourth-order valence-electron chi connectivity index (χ4n) is 0.614. The maximum atomic E-state index is 4.69. The topological polar surface area (TPSA) is 24.1 Å². The summed E-state index contributed by atoms with van der Waals surface area (Å²) in [5.74, 6) is 0. The zero-order valence-corrected chi connectivity index (χ0v) is 8.40. The van der Waals surface area contributed by atoms with Gasteiger partial charge in [-0.1, -0.05) is 36.7 Å². The third-order valence-corrected chi connectivity index (χ3v) is 1.62. The minimum atomic E-state index is 0.115. The lowest BCUT2D eigenvalue weighted by Gasteiger charge is -2.14. The number of nitrogens with one attached hydrogen (secondary N) is 2. The van der Waals surface area contributed by atoms with Gasteiger partial charge in [0, 0.05) is 0 Å². The Morgan fingerprint density at radius 1 is 1.09 bits per heavy atom. The number of hydrogen-bond acceptors (Lipinski definition) is 3. The largest absolute Gasteiger partial charge is 0.362 e. The van der Waals surface area contributed by atoms with Gasteiger partial charge in [-0.15, -0.1) is 0 Å². The molecule has 0 fully saturated rings. The summed E-state index contributed by atoms with van der Waals surface area (Å²) in [6.07, 6.45) is 1.88. The molecule has 0 aromatic heterocycles.